The van der Waals surface area contributed by atoms with Gasteiger partial charge in [-0.25, -0.2) is 4.98 Å². The Bertz CT molecular complexity index is 890. The summed E-state index contributed by atoms with van der Waals surface area (Å²) in [6, 6.07) is 12.3. The number of nitrogens with one attached hydrogen (secondary N) is 1. The maximum Gasteiger partial charge on any atom is 0.145 e. The van der Waals surface area contributed by atoms with E-state index < -0.39 is 0 Å². The summed E-state index contributed by atoms with van der Waals surface area (Å²) < 4.78 is 6.55. The molecule has 4 nitrogen and oxygen atoms in total. The Balaban J connectivity index is 0.00000182. The van der Waals surface area contributed by atoms with Gasteiger partial charge in [0, 0.05) is 21.8 Å². The molecule has 7 heteroatoms. The number of methoxy groups -OCH3 is 1. The van der Waals surface area contributed by atoms with Crippen LogP contribution in [-0.4, -0.2) is 44.2 Å². The molecule has 1 heterocycles. The van der Waals surface area contributed by atoms with Crippen LogP contribution in [0, 0.1) is 0 Å². The lowest BCUT2D eigenvalue weighted by atomic mass is 10.1. The van der Waals surface area contributed by atoms with Gasteiger partial charge in [-0.1, -0.05) is 28.1 Å². The van der Waals surface area contributed by atoms with Crippen LogP contribution in [0.15, 0.2) is 40.9 Å². The highest BCUT2D eigenvalue weighted by Crippen LogP contribution is 2.35. The molecule has 1 N–H and O–H groups in total. The minimum Gasteiger partial charge on any atom is -0.494 e. The highest BCUT2D eigenvalue weighted by Gasteiger charge is 2.12. The molecule has 27 heavy (non-hydrogen) atoms. The van der Waals surface area contributed by atoms with Crippen molar-refractivity contribution >= 4 is 68.2 Å². The van der Waals surface area contributed by atoms with E-state index >= 15 is 0 Å². The third-order valence-electron chi connectivity index (χ3n) is 4.28. The zero-order chi connectivity index (χ0) is 17.8. The SMILES string of the molecule is COc1cccc2c(NCCCCN(C)C)c3ccc(Br)cc3nc12.Cl.Cl. The second-order valence-electron chi connectivity index (χ2n) is 6.44. The summed E-state index contributed by atoms with van der Waals surface area (Å²) in [5.74, 6) is 0.801. The van der Waals surface area contributed by atoms with Gasteiger partial charge in [0.15, 0.2) is 0 Å². The maximum atomic E-state index is 5.52. The van der Waals surface area contributed by atoms with Crippen molar-refractivity contribution in [2.75, 3.05) is 39.6 Å². The quantitative estimate of drug-likeness (QED) is 0.349. The average molecular weight is 475 g/mol. The van der Waals surface area contributed by atoms with Crippen LogP contribution in [0.25, 0.3) is 21.8 Å². The largest absolute Gasteiger partial charge is 0.494 e. The number of benzene rings is 2. The number of fused-ring (bicyclic) bond motifs is 2. The third-order valence-corrected chi connectivity index (χ3v) is 4.78. The molecule has 0 spiro atoms. The normalized spacial score (nSPS) is 10.6. The first-order valence-corrected chi connectivity index (χ1v) is 9.34. The van der Waals surface area contributed by atoms with E-state index in [9.17, 15) is 0 Å². The van der Waals surface area contributed by atoms with Crippen LogP contribution < -0.4 is 10.1 Å². The fourth-order valence-corrected chi connectivity index (χ4v) is 3.38. The van der Waals surface area contributed by atoms with Crippen LogP contribution >= 0.6 is 40.7 Å². The molecule has 1 aromatic heterocycles. The number of halogens is 3. The number of aromatic nitrogens is 1. The van der Waals surface area contributed by atoms with Crippen molar-refractivity contribution in [2.45, 2.75) is 12.8 Å². The van der Waals surface area contributed by atoms with Crippen LogP contribution in [-0.2, 0) is 0 Å². The van der Waals surface area contributed by atoms with E-state index in [2.05, 4.69) is 64.5 Å². The molecule has 0 aliphatic carbocycles. The molecule has 2 aromatic carbocycles. The first-order chi connectivity index (χ1) is 12.1. The minimum absolute atomic E-state index is 0. The van der Waals surface area contributed by atoms with Crippen molar-refractivity contribution in [3.8, 4) is 5.75 Å². The molecule has 0 bridgehead atoms. The first-order valence-electron chi connectivity index (χ1n) is 8.54. The summed E-state index contributed by atoms with van der Waals surface area (Å²) in [7, 11) is 5.92. The molecular formula is C20H26BrCl2N3O. The number of hydrogen-bond acceptors (Lipinski definition) is 4. The first kappa shape index (κ1) is 23.8. The van der Waals surface area contributed by atoms with Gasteiger partial charge in [0.05, 0.1) is 18.3 Å². The number of hydrogen-bond donors (Lipinski definition) is 1. The van der Waals surface area contributed by atoms with Gasteiger partial charge in [0.2, 0.25) is 0 Å². The standard InChI is InChI=1S/C20H24BrN3O.2ClH/c1-24(2)12-5-4-11-22-19-15-10-9-14(21)13-17(15)23-20-16(19)7-6-8-18(20)25-3;;/h6-10,13H,4-5,11-12H2,1-3H3,(H,22,23);2*1H. The molecular weight excluding hydrogens is 449 g/mol. The fraction of sp³-hybridized carbons (Fsp3) is 0.350. The fourth-order valence-electron chi connectivity index (χ4n) is 3.04. The number of ether oxygens (including phenoxy) is 1. The highest BCUT2D eigenvalue weighted by molar-refractivity contribution is 9.10. The number of unbranched alkanes of at least 4 members (excludes halogenated alkanes) is 1. The van der Waals surface area contributed by atoms with Crippen LogP contribution in [0.5, 0.6) is 5.75 Å². The van der Waals surface area contributed by atoms with Crippen LogP contribution in [0.2, 0.25) is 0 Å². The Morgan fingerprint density at radius 3 is 2.56 bits per heavy atom. The zero-order valence-corrected chi connectivity index (χ0v) is 19.0. The second-order valence-corrected chi connectivity index (χ2v) is 7.36. The van der Waals surface area contributed by atoms with Gasteiger partial charge in [0.1, 0.15) is 11.3 Å². The van der Waals surface area contributed by atoms with Gasteiger partial charge < -0.3 is 15.0 Å². The Kier molecular flexibility index (Phi) is 9.60. The average Bonchev–Trinajstić information content (AvgIpc) is 2.59. The predicted molar refractivity (Wildman–Crippen MR) is 124 cm³/mol. The second kappa shape index (κ2) is 10.9. The lowest BCUT2D eigenvalue weighted by molar-refractivity contribution is 0.396. The van der Waals surface area contributed by atoms with E-state index in [1.54, 1.807) is 7.11 Å². The van der Waals surface area contributed by atoms with E-state index in [1.165, 1.54) is 6.42 Å². The maximum absolute atomic E-state index is 5.52. The van der Waals surface area contributed by atoms with Gasteiger partial charge >= 0.3 is 0 Å². The highest BCUT2D eigenvalue weighted by atomic mass is 79.9. The summed E-state index contributed by atoms with van der Waals surface area (Å²) in [5, 5.41) is 5.88. The zero-order valence-electron chi connectivity index (χ0n) is 15.8. The number of para-hydroxylation sites is 1. The van der Waals surface area contributed by atoms with E-state index in [0.29, 0.717) is 0 Å². The van der Waals surface area contributed by atoms with Crippen molar-refractivity contribution in [1.29, 1.82) is 0 Å². The Morgan fingerprint density at radius 1 is 1.07 bits per heavy atom. The molecule has 0 saturated carbocycles. The molecule has 3 rings (SSSR count). The Hall–Kier alpha value is -1.27. The summed E-state index contributed by atoms with van der Waals surface area (Å²) in [6.45, 7) is 2.05. The lowest BCUT2D eigenvalue weighted by Gasteiger charge is -2.15. The van der Waals surface area contributed by atoms with Crippen molar-refractivity contribution in [3.05, 3.63) is 40.9 Å². The van der Waals surface area contributed by atoms with E-state index in [-0.39, 0.29) is 24.8 Å². The van der Waals surface area contributed by atoms with Gasteiger partial charge in [-0.2, -0.15) is 0 Å². The molecule has 0 aliphatic rings. The number of rotatable bonds is 7. The monoisotopic (exact) mass is 473 g/mol. The summed E-state index contributed by atoms with van der Waals surface area (Å²) in [6.07, 6.45) is 2.31. The van der Waals surface area contributed by atoms with E-state index in [4.69, 9.17) is 9.72 Å². The molecule has 0 saturated heterocycles. The molecule has 0 unspecified atom stereocenters. The van der Waals surface area contributed by atoms with Gasteiger partial charge in [-0.15, -0.1) is 24.8 Å². The summed E-state index contributed by atoms with van der Waals surface area (Å²) in [4.78, 5) is 7.06. The van der Waals surface area contributed by atoms with Gasteiger partial charge in [-0.05, 0) is 57.7 Å². The topological polar surface area (TPSA) is 37.4 Å². The van der Waals surface area contributed by atoms with Crippen molar-refractivity contribution in [2.24, 2.45) is 0 Å². The van der Waals surface area contributed by atoms with Crippen LogP contribution in [0.1, 0.15) is 12.8 Å². The molecule has 0 atom stereocenters. The lowest BCUT2D eigenvalue weighted by Crippen LogP contribution is -2.14. The smallest absolute Gasteiger partial charge is 0.145 e. The van der Waals surface area contributed by atoms with Crippen LogP contribution in [0.3, 0.4) is 0 Å². The molecule has 0 aliphatic heterocycles. The molecule has 0 amide bonds. The predicted octanol–water partition coefficient (Wildman–Crippen LogP) is 5.76. The van der Waals surface area contributed by atoms with E-state index in [0.717, 1.165) is 57.2 Å². The molecule has 0 radical (unpaired) electrons. The van der Waals surface area contributed by atoms with Crippen molar-refractivity contribution in [1.82, 2.24) is 9.88 Å². The third kappa shape index (κ3) is 5.61. The summed E-state index contributed by atoms with van der Waals surface area (Å²) >= 11 is 3.55. The number of pyridine rings is 1. The van der Waals surface area contributed by atoms with Crippen LogP contribution in [0.4, 0.5) is 5.69 Å². The molecule has 0 fully saturated rings. The molecule has 3 aromatic rings. The van der Waals surface area contributed by atoms with Gasteiger partial charge in [0.25, 0.3) is 0 Å². The summed E-state index contributed by atoms with van der Waals surface area (Å²) in [5.41, 5.74) is 2.99. The van der Waals surface area contributed by atoms with Crippen molar-refractivity contribution in [3.63, 3.8) is 0 Å². The Morgan fingerprint density at radius 2 is 1.85 bits per heavy atom. The van der Waals surface area contributed by atoms with Crippen molar-refractivity contribution < 1.29 is 4.74 Å². The number of nitrogens with zero attached hydrogens (tertiary/aromatic N) is 2. The minimum atomic E-state index is 0. The van der Waals surface area contributed by atoms with E-state index in [1.807, 2.05) is 12.1 Å². The molecule has 148 valence electrons. The Labute approximate surface area is 181 Å². The van der Waals surface area contributed by atoms with Gasteiger partial charge in [-0.3, -0.25) is 0 Å². The number of anilines is 1.